The molecular formula is C24H29Ru. The van der Waals surface area contributed by atoms with Gasteiger partial charge in [0.2, 0.25) is 0 Å². The van der Waals surface area contributed by atoms with Gasteiger partial charge in [0.05, 0.1) is 0 Å². The molecule has 0 amide bonds. The van der Waals surface area contributed by atoms with Gasteiger partial charge < -0.3 is 0 Å². The first-order valence-electron chi connectivity index (χ1n) is 9.19. The summed E-state index contributed by atoms with van der Waals surface area (Å²) < 4.78 is 0. The SMILES string of the molecule is Cc1c(C)c(C)[c-](C)c1C.[Ru+].c1ccc2cc3c(cc2c1)CCCC3. The van der Waals surface area contributed by atoms with Crippen molar-refractivity contribution in [3.05, 3.63) is 75.3 Å². The Labute approximate surface area is 165 Å². The number of fused-ring (bicyclic) bond motifs is 2. The van der Waals surface area contributed by atoms with Crippen molar-refractivity contribution < 1.29 is 19.5 Å². The molecule has 0 saturated heterocycles. The van der Waals surface area contributed by atoms with E-state index in [1.807, 2.05) is 0 Å². The van der Waals surface area contributed by atoms with Gasteiger partial charge in [-0.2, -0.15) is 27.8 Å². The smallest absolute Gasteiger partial charge is 0.196 e. The molecule has 0 nitrogen and oxygen atoms in total. The summed E-state index contributed by atoms with van der Waals surface area (Å²) in [5.74, 6) is 0. The quantitative estimate of drug-likeness (QED) is 0.283. The number of aryl methyl sites for hydroxylation is 2. The molecule has 0 aromatic heterocycles. The van der Waals surface area contributed by atoms with Gasteiger partial charge >= 0.3 is 19.5 Å². The first-order valence-corrected chi connectivity index (χ1v) is 9.19. The number of rotatable bonds is 0. The Morgan fingerprint density at radius 1 is 0.720 bits per heavy atom. The zero-order valence-electron chi connectivity index (χ0n) is 16.1. The van der Waals surface area contributed by atoms with Gasteiger partial charge in [0, 0.05) is 0 Å². The molecule has 0 unspecified atom stereocenters. The second-order valence-corrected chi connectivity index (χ2v) is 7.30. The molecule has 4 rings (SSSR count). The van der Waals surface area contributed by atoms with Crippen molar-refractivity contribution in [3.63, 3.8) is 0 Å². The fourth-order valence-electron chi connectivity index (χ4n) is 3.84. The van der Waals surface area contributed by atoms with Crippen LogP contribution in [-0.4, -0.2) is 0 Å². The van der Waals surface area contributed by atoms with Gasteiger partial charge in [-0.25, -0.2) is 0 Å². The molecule has 3 aromatic carbocycles. The molecule has 0 spiro atoms. The van der Waals surface area contributed by atoms with Crippen molar-refractivity contribution in [2.45, 2.75) is 60.3 Å². The largest absolute Gasteiger partial charge is 1.00 e. The first kappa shape index (κ1) is 20.0. The van der Waals surface area contributed by atoms with E-state index in [1.54, 1.807) is 11.1 Å². The average Bonchev–Trinajstić information content (AvgIpc) is 2.78. The molecular weight excluding hydrogens is 389 g/mol. The maximum atomic E-state index is 2.38. The molecule has 25 heavy (non-hydrogen) atoms. The molecule has 0 bridgehead atoms. The third kappa shape index (κ3) is 4.09. The van der Waals surface area contributed by atoms with Gasteiger partial charge in [-0.1, -0.05) is 71.0 Å². The van der Waals surface area contributed by atoms with Gasteiger partial charge in [0.1, 0.15) is 0 Å². The van der Waals surface area contributed by atoms with Gasteiger partial charge in [-0.05, 0) is 47.6 Å². The zero-order chi connectivity index (χ0) is 17.3. The second kappa shape index (κ2) is 8.37. The fraction of sp³-hybridized carbons (Fsp3) is 0.375. The first-order chi connectivity index (χ1) is 11.5. The minimum absolute atomic E-state index is 0. The maximum Gasteiger partial charge on any atom is 1.00 e. The van der Waals surface area contributed by atoms with E-state index in [1.165, 1.54) is 64.3 Å². The number of hydrogen-bond donors (Lipinski definition) is 0. The third-order valence-corrected chi connectivity index (χ3v) is 6.02. The van der Waals surface area contributed by atoms with Gasteiger partial charge in [0.15, 0.2) is 0 Å². The van der Waals surface area contributed by atoms with E-state index < -0.39 is 0 Å². The summed E-state index contributed by atoms with van der Waals surface area (Å²) in [5, 5.41) is 2.79. The van der Waals surface area contributed by atoms with Crippen LogP contribution < -0.4 is 0 Å². The van der Waals surface area contributed by atoms with Crippen LogP contribution in [0.2, 0.25) is 0 Å². The van der Waals surface area contributed by atoms with Crippen LogP contribution in [0, 0.1) is 34.6 Å². The summed E-state index contributed by atoms with van der Waals surface area (Å²) in [5.41, 5.74) is 10.5. The molecule has 1 radical (unpaired) electrons. The minimum Gasteiger partial charge on any atom is -0.196 e. The van der Waals surface area contributed by atoms with Gasteiger partial charge in [-0.15, -0.1) is 0 Å². The molecule has 1 heteroatoms. The van der Waals surface area contributed by atoms with Gasteiger partial charge in [0.25, 0.3) is 0 Å². The molecule has 0 fully saturated rings. The van der Waals surface area contributed by atoms with Crippen LogP contribution in [0.25, 0.3) is 10.8 Å². The Kier molecular flexibility index (Phi) is 6.69. The molecule has 0 N–H and O–H groups in total. The van der Waals surface area contributed by atoms with Crippen molar-refractivity contribution >= 4 is 10.8 Å². The van der Waals surface area contributed by atoms with Crippen LogP contribution >= 0.6 is 0 Å². The Balaban J connectivity index is 0.000000184. The Bertz CT molecular complexity index is 743. The minimum atomic E-state index is 0. The van der Waals surface area contributed by atoms with E-state index in [4.69, 9.17) is 0 Å². The van der Waals surface area contributed by atoms with Crippen molar-refractivity contribution in [1.82, 2.24) is 0 Å². The molecule has 3 aromatic rings. The van der Waals surface area contributed by atoms with E-state index >= 15 is 0 Å². The average molecular weight is 419 g/mol. The van der Waals surface area contributed by atoms with Crippen LogP contribution in [0.5, 0.6) is 0 Å². The standard InChI is InChI=1S/C14H14.C10H15.Ru/c1-2-6-12-10-14-8-4-3-7-13(14)9-11(12)5-1;1-6-7(2)9(4)10(5)8(6)3;/h1-2,5-6,9-10H,3-4,7-8H2;1-5H3;/q;-1;+1. The van der Waals surface area contributed by atoms with Crippen LogP contribution in [0.3, 0.4) is 0 Å². The summed E-state index contributed by atoms with van der Waals surface area (Å²) in [6.45, 7) is 11.0. The number of hydrogen-bond acceptors (Lipinski definition) is 0. The topological polar surface area (TPSA) is 0 Å². The zero-order valence-corrected chi connectivity index (χ0v) is 17.9. The van der Waals surface area contributed by atoms with Crippen LogP contribution in [-0.2, 0) is 32.3 Å². The normalized spacial score (nSPS) is 12.8. The summed E-state index contributed by atoms with van der Waals surface area (Å²) in [6, 6.07) is 13.4. The van der Waals surface area contributed by atoms with Crippen molar-refractivity contribution in [1.29, 1.82) is 0 Å². The monoisotopic (exact) mass is 419 g/mol. The Morgan fingerprint density at radius 3 is 1.44 bits per heavy atom. The molecule has 1 aliphatic rings. The molecule has 133 valence electrons. The van der Waals surface area contributed by atoms with E-state index in [-0.39, 0.29) is 19.5 Å². The second-order valence-electron chi connectivity index (χ2n) is 7.30. The summed E-state index contributed by atoms with van der Waals surface area (Å²) in [4.78, 5) is 0. The molecule has 0 saturated carbocycles. The van der Waals surface area contributed by atoms with Crippen LogP contribution in [0.1, 0.15) is 51.8 Å². The maximum absolute atomic E-state index is 2.38. The fourth-order valence-corrected chi connectivity index (χ4v) is 3.84. The Morgan fingerprint density at radius 2 is 1.12 bits per heavy atom. The molecule has 0 heterocycles. The van der Waals surface area contributed by atoms with Crippen molar-refractivity contribution in [3.8, 4) is 0 Å². The van der Waals surface area contributed by atoms with Crippen LogP contribution in [0.4, 0.5) is 0 Å². The third-order valence-electron chi connectivity index (χ3n) is 6.02. The van der Waals surface area contributed by atoms with Crippen molar-refractivity contribution in [2.75, 3.05) is 0 Å². The van der Waals surface area contributed by atoms with E-state index in [0.717, 1.165) is 0 Å². The molecule has 0 atom stereocenters. The van der Waals surface area contributed by atoms with Crippen molar-refractivity contribution in [2.24, 2.45) is 0 Å². The van der Waals surface area contributed by atoms with E-state index in [2.05, 4.69) is 71.0 Å². The summed E-state index contributed by atoms with van der Waals surface area (Å²) >= 11 is 0. The summed E-state index contributed by atoms with van der Waals surface area (Å²) in [7, 11) is 0. The molecule has 0 aliphatic heterocycles. The predicted molar refractivity (Wildman–Crippen MR) is 106 cm³/mol. The van der Waals surface area contributed by atoms with E-state index in [0.29, 0.717) is 0 Å². The van der Waals surface area contributed by atoms with Gasteiger partial charge in [-0.3, -0.25) is 0 Å². The predicted octanol–water partition coefficient (Wildman–Crippen LogP) is 6.66. The molecule has 1 aliphatic carbocycles. The van der Waals surface area contributed by atoms with E-state index in [9.17, 15) is 0 Å². The summed E-state index contributed by atoms with van der Waals surface area (Å²) in [6.07, 6.45) is 5.29. The Hall–Kier alpha value is -1.33. The van der Waals surface area contributed by atoms with Crippen LogP contribution in [0.15, 0.2) is 36.4 Å². The number of benzene rings is 2.